The van der Waals surface area contributed by atoms with E-state index in [9.17, 15) is 22.0 Å². The van der Waals surface area contributed by atoms with Crippen LogP contribution in [-0.4, -0.2) is 32.9 Å². The fourth-order valence-corrected chi connectivity index (χ4v) is 2.69. The zero-order chi connectivity index (χ0) is 16.4. The van der Waals surface area contributed by atoms with Crippen molar-refractivity contribution in [2.45, 2.75) is 23.8 Å². The van der Waals surface area contributed by atoms with Gasteiger partial charge in [-0.1, -0.05) is 0 Å². The third kappa shape index (κ3) is 3.88. The van der Waals surface area contributed by atoms with Gasteiger partial charge in [0, 0.05) is 24.3 Å². The molecule has 0 amide bonds. The Bertz CT molecular complexity index is 660. The number of aliphatic carboxylic acids is 1. The van der Waals surface area contributed by atoms with Crippen LogP contribution in [-0.2, 0) is 14.6 Å². The second-order valence-corrected chi connectivity index (χ2v) is 6.39. The molecular weight excluding hydrogens is 308 g/mol. The van der Waals surface area contributed by atoms with E-state index < -0.39 is 44.1 Å². The molecule has 0 saturated carbocycles. The van der Waals surface area contributed by atoms with Gasteiger partial charge in [-0.25, -0.2) is 17.2 Å². The average molecular weight is 323 g/mol. The Morgan fingerprint density at radius 2 is 2.05 bits per heavy atom. The maximum Gasteiger partial charge on any atom is 0.303 e. The number of halogens is 2. The highest BCUT2D eigenvalue weighted by Crippen LogP contribution is 2.35. The van der Waals surface area contributed by atoms with Crippen LogP contribution in [0.2, 0.25) is 0 Å². The Hall–Kier alpha value is -1.74. The Morgan fingerprint density at radius 1 is 1.48 bits per heavy atom. The summed E-state index contributed by atoms with van der Waals surface area (Å²) in [6.07, 6.45) is 0.280. The van der Waals surface area contributed by atoms with Crippen LogP contribution in [0.3, 0.4) is 0 Å². The number of benzene rings is 1. The first kappa shape index (κ1) is 17.3. The molecule has 118 valence electrons. The van der Waals surface area contributed by atoms with Crippen molar-refractivity contribution in [3.63, 3.8) is 0 Å². The highest BCUT2D eigenvalue weighted by molar-refractivity contribution is 7.90. The molecule has 0 saturated heterocycles. The molecule has 1 unspecified atom stereocenters. The van der Waals surface area contributed by atoms with Crippen molar-refractivity contribution in [1.29, 1.82) is 0 Å². The summed E-state index contributed by atoms with van der Waals surface area (Å²) in [6.45, 7) is 0. The molecule has 0 heterocycles. The number of rotatable bonds is 6. The number of sulfone groups is 1. The first-order valence-corrected chi connectivity index (χ1v) is 7.72. The fourth-order valence-electron chi connectivity index (χ4n) is 1.86. The minimum atomic E-state index is -4.13. The lowest BCUT2D eigenvalue weighted by molar-refractivity contribution is -0.137. The number of carboxylic acids is 1. The van der Waals surface area contributed by atoms with E-state index in [1.54, 1.807) is 0 Å². The van der Waals surface area contributed by atoms with E-state index in [1.165, 1.54) is 0 Å². The predicted molar refractivity (Wildman–Crippen MR) is 69.8 cm³/mol. The molecule has 1 aromatic rings. The van der Waals surface area contributed by atoms with E-state index in [1.807, 2.05) is 0 Å². The van der Waals surface area contributed by atoms with Crippen molar-refractivity contribution in [1.82, 2.24) is 0 Å². The number of methoxy groups -OCH3 is 1. The maximum absolute atomic E-state index is 14.1. The summed E-state index contributed by atoms with van der Waals surface area (Å²) >= 11 is 0. The minimum Gasteiger partial charge on any atom is -0.493 e. The second kappa shape index (κ2) is 6.35. The van der Waals surface area contributed by atoms with E-state index in [2.05, 4.69) is 0 Å². The Morgan fingerprint density at radius 3 is 2.48 bits per heavy atom. The topological polar surface area (TPSA) is 107 Å². The van der Waals surface area contributed by atoms with Gasteiger partial charge in [-0.15, -0.1) is 0 Å². The van der Waals surface area contributed by atoms with Crippen LogP contribution in [0.25, 0.3) is 0 Å². The molecule has 21 heavy (non-hydrogen) atoms. The summed E-state index contributed by atoms with van der Waals surface area (Å²) < 4.78 is 55.5. The molecule has 3 N–H and O–H groups in total. The Labute approximate surface area is 120 Å². The zero-order valence-electron chi connectivity index (χ0n) is 11.4. The van der Waals surface area contributed by atoms with Gasteiger partial charge in [-0.2, -0.15) is 0 Å². The highest BCUT2D eigenvalue weighted by atomic mass is 32.2. The number of nitrogens with two attached hydrogens (primary N) is 1. The van der Waals surface area contributed by atoms with Crippen molar-refractivity contribution in [2.75, 3.05) is 13.4 Å². The van der Waals surface area contributed by atoms with Crippen LogP contribution in [0.1, 0.15) is 24.4 Å². The van der Waals surface area contributed by atoms with Crippen molar-refractivity contribution in [3.8, 4) is 5.75 Å². The van der Waals surface area contributed by atoms with Gasteiger partial charge in [0.1, 0.15) is 10.7 Å². The molecular formula is C12H15F2NO5S. The monoisotopic (exact) mass is 323 g/mol. The highest BCUT2D eigenvalue weighted by Gasteiger charge is 2.28. The number of carboxylic acid groups (broad SMARTS) is 1. The molecule has 0 spiro atoms. The summed E-state index contributed by atoms with van der Waals surface area (Å²) in [5.41, 5.74) is 5.57. The van der Waals surface area contributed by atoms with E-state index >= 15 is 0 Å². The molecule has 6 nitrogen and oxygen atoms in total. The Balaban J connectivity index is 3.39. The largest absolute Gasteiger partial charge is 0.493 e. The van der Waals surface area contributed by atoms with Crippen molar-refractivity contribution in [3.05, 3.63) is 23.3 Å². The van der Waals surface area contributed by atoms with Crippen LogP contribution in [0.4, 0.5) is 8.78 Å². The van der Waals surface area contributed by atoms with E-state index in [0.717, 1.165) is 13.2 Å². The lowest BCUT2D eigenvalue weighted by Crippen LogP contribution is -2.16. The maximum atomic E-state index is 14.1. The summed E-state index contributed by atoms with van der Waals surface area (Å²) in [4.78, 5) is 9.39. The molecule has 0 aliphatic heterocycles. The van der Waals surface area contributed by atoms with Gasteiger partial charge in [0.05, 0.1) is 7.11 Å². The van der Waals surface area contributed by atoms with Gasteiger partial charge < -0.3 is 15.6 Å². The van der Waals surface area contributed by atoms with E-state index in [4.69, 9.17) is 15.6 Å². The molecule has 1 atom stereocenters. The normalized spacial score (nSPS) is 13.0. The molecule has 0 aliphatic rings. The SMILES string of the molecule is COc1c(C(N)CCC(=O)O)cc(F)c(S(C)(=O)=O)c1F. The third-order valence-corrected chi connectivity index (χ3v) is 3.92. The second-order valence-electron chi connectivity index (χ2n) is 4.44. The smallest absolute Gasteiger partial charge is 0.303 e. The molecule has 0 radical (unpaired) electrons. The van der Waals surface area contributed by atoms with Crippen molar-refractivity contribution >= 4 is 15.8 Å². The average Bonchev–Trinajstić information content (AvgIpc) is 2.33. The van der Waals surface area contributed by atoms with Gasteiger partial charge in [0.2, 0.25) is 0 Å². The summed E-state index contributed by atoms with van der Waals surface area (Å²) in [7, 11) is -3.05. The minimum absolute atomic E-state index is 0.0806. The lowest BCUT2D eigenvalue weighted by Gasteiger charge is -2.17. The van der Waals surface area contributed by atoms with Crippen LogP contribution in [0, 0.1) is 11.6 Å². The predicted octanol–water partition coefficient (Wildman–Crippen LogP) is 1.24. The number of hydrogen-bond donors (Lipinski definition) is 2. The van der Waals surface area contributed by atoms with Gasteiger partial charge in [-0.3, -0.25) is 4.79 Å². The van der Waals surface area contributed by atoms with Gasteiger partial charge in [-0.05, 0) is 12.5 Å². The van der Waals surface area contributed by atoms with Crippen molar-refractivity contribution < 1.29 is 31.8 Å². The third-order valence-electron chi connectivity index (χ3n) is 2.80. The molecule has 1 rings (SSSR count). The number of hydrogen-bond acceptors (Lipinski definition) is 5. The summed E-state index contributed by atoms with van der Waals surface area (Å²) in [6, 6.07) is -0.251. The molecule has 0 fully saturated rings. The number of carbonyl (C=O) groups is 1. The molecule has 0 bridgehead atoms. The zero-order valence-corrected chi connectivity index (χ0v) is 12.2. The molecule has 0 aliphatic carbocycles. The van der Waals surface area contributed by atoms with E-state index in [0.29, 0.717) is 6.26 Å². The van der Waals surface area contributed by atoms with Gasteiger partial charge in [0.25, 0.3) is 0 Å². The summed E-state index contributed by atoms with van der Waals surface area (Å²) in [5.74, 6) is -4.29. The van der Waals surface area contributed by atoms with Crippen LogP contribution in [0.5, 0.6) is 5.75 Å². The van der Waals surface area contributed by atoms with Crippen LogP contribution < -0.4 is 10.5 Å². The molecule has 1 aromatic carbocycles. The molecule has 0 aromatic heterocycles. The van der Waals surface area contributed by atoms with Gasteiger partial charge >= 0.3 is 5.97 Å². The quantitative estimate of drug-likeness (QED) is 0.816. The summed E-state index contributed by atoms with van der Waals surface area (Å²) in [5, 5.41) is 8.58. The van der Waals surface area contributed by atoms with Crippen LogP contribution in [0.15, 0.2) is 11.0 Å². The van der Waals surface area contributed by atoms with Crippen LogP contribution >= 0.6 is 0 Å². The standard InChI is InChI=1S/C12H15F2NO5S/c1-20-11-6(8(15)3-4-9(16)17)5-7(13)12(10(11)14)21(2,18)19/h5,8H,3-4,15H2,1-2H3,(H,16,17). The van der Waals surface area contributed by atoms with E-state index in [-0.39, 0.29) is 18.4 Å². The molecule has 9 heteroatoms. The lowest BCUT2D eigenvalue weighted by atomic mass is 10.0. The first-order chi connectivity index (χ1) is 9.59. The van der Waals surface area contributed by atoms with Gasteiger partial charge in [0.15, 0.2) is 21.4 Å². The fraction of sp³-hybridized carbons (Fsp3) is 0.417. The number of ether oxygens (including phenoxy) is 1. The first-order valence-electron chi connectivity index (χ1n) is 5.82. The van der Waals surface area contributed by atoms with Crippen molar-refractivity contribution in [2.24, 2.45) is 5.73 Å². The Kier molecular flexibility index (Phi) is 5.24.